The molecule has 0 saturated carbocycles. The minimum atomic E-state index is -4.37. The van der Waals surface area contributed by atoms with Crippen molar-refractivity contribution in [3.05, 3.63) is 29.8 Å². The quantitative estimate of drug-likeness (QED) is 0.664. The molecule has 23 heavy (non-hydrogen) atoms. The zero-order valence-electron chi connectivity index (χ0n) is 11.8. The Hall–Kier alpha value is -2.10. The first-order valence-electron chi connectivity index (χ1n) is 6.52. The van der Waals surface area contributed by atoms with Gasteiger partial charge in [-0.1, -0.05) is 0 Å². The van der Waals surface area contributed by atoms with Gasteiger partial charge in [-0.2, -0.15) is 13.2 Å². The van der Waals surface area contributed by atoms with E-state index in [2.05, 4.69) is 5.32 Å². The summed E-state index contributed by atoms with van der Waals surface area (Å²) in [5, 5.41) is 13.6. The van der Waals surface area contributed by atoms with Crippen LogP contribution in [0.1, 0.15) is 6.42 Å². The standard InChI is InChI=1S/C13H15F5N2O3/c14-10-2-1-9(5-11(10)15)23-7-8(21)6-20-12(22)19-4-3-13(16,17)18/h1-2,5,8,21H,3-4,6-7H2,(H2,19,20,22). The monoisotopic (exact) mass is 342 g/mol. The average molecular weight is 342 g/mol. The number of urea groups is 1. The van der Waals surface area contributed by atoms with Crippen molar-refractivity contribution in [1.82, 2.24) is 10.6 Å². The normalized spacial score (nSPS) is 12.6. The first-order chi connectivity index (χ1) is 10.7. The number of aliphatic hydroxyl groups excluding tert-OH is 1. The van der Waals surface area contributed by atoms with Crippen molar-refractivity contribution in [2.24, 2.45) is 0 Å². The predicted octanol–water partition coefficient (Wildman–Crippen LogP) is 1.96. The summed E-state index contributed by atoms with van der Waals surface area (Å²) < 4.78 is 66.1. The van der Waals surface area contributed by atoms with Crippen LogP contribution in [0.5, 0.6) is 5.75 Å². The molecule has 10 heteroatoms. The van der Waals surface area contributed by atoms with Gasteiger partial charge in [-0.25, -0.2) is 13.6 Å². The highest BCUT2D eigenvalue weighted by molar-refractivity contribution is 5.73. The predicted molar refractivity (Wildman–Crippen MR) is 69.9 cm³/mol. The fourth-order valence-corrected chi connectivity index (χ4v) is 1.41. The lowest BCUT2D eigenvalue weighted by Crippen LogP contribution is -2.42. The second-order valence-electron chi connectivity index (χ2n) is 4.54. The van der Waals surface area contributed by atoms with Gasteiger partial charge in [0, 0.05) is 19.2 Å². The van der Waals surface area contributed by atoms with Crippen LogP contribution in [0.4, 0.5) is 26.7 Å². The number of aliphatic hydroxyl groups is 1. The van der Waals surface area contributed by atoms with Gasteiger partial charge >= 0.3 is 12.2 Å². The molecule has 0 saturated heterocycles. The van der Waals surface area contributed by atoms with E-state index < -0.39 is 42.9 Å². The number of ether oxygens (including phenoxy) is 1. The lowest BCUT2D eigenvalue weighted by Gasteiger charge is -2.14. The number of carbonyl (C=O) groups excluding carboxylic acids is 1. The number of rotatable bonds is 7. The summed E-state index contributed by atoms with van der Waals surface area (Å²) in [4.78, 5) is 11.2. The maximum atomic E-state index is 12.9. The zero-order valence-corrected chi connectivity index (χ0v) is 11.8. The number of carbonyl (C=O) groups is 1. The summed E-state index contributed by atoms with van der Waals surface area (Å²) in [5.74, 6) is -2.17. The SMILES string of the molecule is O=C(NCCC(F)(F)F)NCC(O)COc1ccc(F)c(F)c1. The summed E-state index contributed by atoms with van der Waals surface area (Å²) in [6, 6.07) is 1.92. The molecule has 0 aliphatic rings. The van der Waals surface area contributed by atoms with E-state index in [1.165, 1.54) is 0 Å². The van der Waals surface area contributed by atoms with Crippen LogP contribution in [0.25, 0.3) is 0 Å². The lowest BCUT2D eigenvalue weighted by atomic mass is 10.3. The Morgan fingerprint density at radius 3 is 2.52 bits per heavy atom. The molecular formula is C13H15F5N2O3. The van der Waals surface area contributed by atoms with Gasteiger partial charge in [-0.15, -0.1) is 0 Å². The van der Waals surface area contributed by atoms with E-state index in [0.29, 0.717) is 0 Å². The molecule has 5 nitrogen and oxygen atoms in total. The minimum Gasteiger partial charge on any atom is -0.491 e. The molecule has 0 radical (unpaired) electrons. The second kappa shape index (κ2) is 8.51. The number of nitrogens with one attached hydrogen (secondary N) is 2. The maximum Gasteiger partial charge on any atom is 0.390 e. The highest BCUT2D eigenvalue weighted by atomic mass is 19.4. The molecule has 1 rings (SSSR count). The van der Waals surface area contributed by atoms with E-state index in [0.717, 1.165) is 18.2 Å². The third-order valence-corrected chi connectivity index (χ3v) is 2.53. The smallest absolute Gasteiger partial charge is 0.390 e. The molecule has 1 unspecified atom stereocenters. The Morgan fingerprint density at radius 2 is 1.91 bits per heavy atom. The van der Waals surface area contributed by atoms with E-state index in [1.54, 1.807) is 0 Å². The summed E-state index contributed by atoms with van der Waals surface area (Å²) in [7, 11) is 0. The lowest BCUT2D eigenvalue weighted by molar-refractivity contribution is -0.132. The number of hydrogen-bond acceptors (Lipinski definition) is 3. The van der Waals surface area contributed by atoms with Gasteiger partial charge in [0.1, 0.15) is 18.5 Å². The largest absolute Gasteiger partial charge is 0.491 e. The van der Waals surface area contributed by atoms with Crippen LogP contribution >= 0.6 is 0 Å². The van der Waals surface area contributed by atoms with Crippen molar-refractivity contribution >= 4 is 6.03 Å². The molecule has 2 amide bonds. The molecule has 130 valence electrons. The molecule has 0 heterocycles. The van der Waals surface area contributed by atoms with Crippen molar-refractivity contribution < 1.29 is 36.6 Å². The molecule has 1 aromatic rings. The Labute approximate surface area is 128 Å². The molecule has 0 spiro atoms. The first kappa shape index (κ1) is 18.9. The first-order valence-corrected chi connectivity index (χ1v) is 6.52. The van der Waals surface area contributed by atoms with Crippen LogP contribution < -0.4 is 15.4 Å². The zero-order chi connectivity index (χ0) is 17.5. The number of amides is 2. The maximum absolute atomic E-state index is 12.9. The van der Waals surface area contributed by atoms with Crippen LogP contribution in [0.2, 0.25) is 0 Å². The fraction of sp³-hybridized carbons (Fsp3) is 0.462. The van der Waals surface area contributed by atoms with Crippen molar-refractivity contribution in [2.45, 2.75) is 18.7 Å². The van der Waals surface area contributed by atoms with E-state index >= 15 is 0 Å². The van der Waals surface area contributed by atoms with Crippen LogP contribution in [-0.4, -0.2) is 43.1 Å². The molecule has 0 aliphatic heterocycles. The van der Waals surface area contributed by atoms with Gasteiger partial charge in [0.25, 0.3) is 0 Å². The van der Waals surface area contributed by atoms with E-state index in [4.69, 9.17) is 4.74 Å². The van der Waals surface area contributed by atoms with Crippen LogP contribution in [0.15, 0.2) is 18.2 Å². The highest BCUT2D eigenvalue weighted by Gasteiger charge is 2.26. The topological polar surface area (TPSA) is 70.6 Å². The van der Waals surface area contributed by atoms with Gasteiger partial charge in [0.2, 0.25) is 0 Å². The molecule has 1 atom stereocenters. The summed E-state index contributed by atoms with van der Waals surface area (Å²) >= 11 is 0. The van der Waals surface area contributed by atoms with Crippen molar-refractivity contribution in [1.29, 1.82) is 0 Å². The fourth-order valence-electron chi connectivity index (χ4n) is 1.41. The summed E-state index contributed by atoms with van der Waals surface area (Å²) in [6.45, 7) is -1.20. The van der Waals surface area contributed by atoms with E-state index in [-0.39, 0.29) is 18.9 Å². The van der Waals surface area contributed by atoms with E-state index in [1.807, 2.05) is 5.32 Å². The summed E-state index contributed by atoms with van der Waals surface area (Å²) in [6.07, 6.45) is -6.72. The number of alkyl halides is 3. The number of benzene rings is 1. The van der Waals surface area contributed by atoms with Crippen molar-refractivity contribution in [2.75, 3.05) is 19.7 Å². The Balaban J connectivity index is 2.22. The number of hydrogen-bond donors (Lipinski definition) is 3. The minimum absolute atomic E-state index is 0.0161. The summed E-state index contributed by atoms with van der Waals surface area (Å²) in [5.41, 5.74) is 0. The number of halogens is 5. The van der Waals surface area contributed by atoms with Crippen LogP contribution in [0, 0.1) is 11.6 Å². The Morgan fingerprint density at radius 1 is 1.22 bits per heavy atom. The third-order valence-electron chi connectivity index (χ3n) is 2.53. The molecule has 0 aliphatic carbocycles. The molecule has 1 aromatic carbocycles. The van der Waals surface area contributed by atoms with E-state index in [9.17, 15) is 31.9 Å². The van der Waals surface area contributed by atoms with Gasteiger partial charge in [-0.3, -0.25) is 0 Å². The molecule has 0 aromatic heterocycles. The van der Waals surface area contributed by atoms with Crippen LogP contribution in [-0.2, 0) is 0 Å². The Bertz CT molecular complexity index is 525. The highest BCUT2D eigenvalue weighted by Crippen LogP contribution is 2.18. The molecular weight excluding hydrogens is 327 g/mol. The average Bonchev–Trinajstić information content (AvgIpc) is 2.45. The second-order valence-corrected chi connectivity index (χ2v) is 4.54. The molecule has 3 N–H and O–H groups in total. The molecule has 0 fully saturated rings. The van der Waals surface area contributed by atoms with Gasteiger partial charge in [0.05, 0.1) is 6.42 Å². The molecule has 0 bridgehead atoms. The van der Waals surface area contributed by atoms with Gasteiger partial charge in [0.15, 0.2) is 11.6 Å². The van der Waals surface area contributed by atoms with Crippen molar-refractivity contribution in [3.63, 3.8) is 0 Å². The Kier molecular flexibility index (Phi) is 7.01. The van der Waals surface area contributed by atoms with Gasteiger partial charge < -0.3 is 20.5 Å². The van der Waals surface area contributed by atoms with Gasteiger partial charge in [-0.05, 0) is 12.1 Å². The van der Waals surface area contributed by atoms with Crippen molar-refractivity contribution in [3.8, 4) is 5.75 Å². The third kappa shape index (κ3) is 8.19. The van der Waals surface area contributed by atoms with Crippen LogP contribution in [0.3, 0.4) is 0 Å².